The molecule has 0 fully saturated rings. The molecule has 0 amide bonds. The molecule has 0 spiro atoms. The summed E-state index contributed by atoms with van der Waals surface area (Å²) in [6, 6.07) is 0. The molecule has 9 heteroatoms. The van der Waals surface area contributed by atoms with Crippen molar-refractivity contribution in [2.45, 2.75) is 309 Å². The minimum atomic E-state index is -1.64. The van der Waals surface area contributed by atoms with Crippen molar-refractivity contribution in [3.05, 3.63) is 72.9 Å². The van der Waals surface area contributed by atoms with Gasteiger partial charge in [0.25, 0.3) is 0 Å². The van der Waals surface area contributed by atoms with Crippen LogP contribution in [0.3, 0.4) is 0 Å². The van der Waals surface area contributed by atoms with Crippen LogP contribution in [-0.2, 0) is 33.3 Å². The zero-order valence-electron chi connectivity index (χ0n) is 52.2. The zero-order chi connectivity index (χ0) is 57.6. The van der Waals surface area contributed by atoms with Crippen molar-refractivity contribution in [1.29, 1.82) is 0 Å². The predicted octanol–water partition coefficient (Wildman–Crippen LogP) is 18.8. The Bertz CT molecular complexity index is 1520. The van der Waals surface area contributed by atoms with Crippen molar-refractivity contribution in [3.63, 3.8) is 0 Å². The SMILES string of the molecule is CC/C=C\C/C=C\C/C=C\C/C=C\C/C=C\C/C=C\CCCCC(=O)OC(COC(=O)CCCCCCCCCCCCCCCCCCCCCCCCCCCCCCCCCCC)COC(OCC[N+](C)(C)C)C(=O)[O-]. The first-order chi connectivity index (χ1) is 38.6. The van der Waals surface area contributed by atoms with Gasteiger partial charge >= 0.3 is 11.9 Å². The Morgan fingerprint density at radius 3 is 1.08 bits per heavy atom. The first kappa shape index (κ1) is 75.7. The second-order valence-electron chi connectivity index (χ2n) is 23.4. The molecule has 9 nitrogen and oxygen atoms in total. The number of esters is 2. The monoisotopic (exact) mass is 1110 g/mol. The van der Waals surface area contributed by atoms with Gasteiger partial charge in [0.05, 0.1) is 40.3 Å². The van der Waals surface area contributed by atoms with Gasteiger partial charge in [0, 0.05) is 12.8 Å². The van der Waals surface area contributed by atoms with Crippen molar-refractivity contribution in [2.24, 2.45) is 0 Å². The molecule has 0 N–H and O–H groups in total. The third-order valence-electron chi connectivity index (χ3n) is 14.5. The molecule has 0 heterocycles. The maximum absolute atomic E-state index is 12.9. The number of ether oxygens (including phenoxy) is 4. The van der Waals surface area contributed by atoms with Gasteiger partial charge in [-0.1, -0.05) is 292 Å². The minimum absolute atomic E-state index is 0.137. The van der Waals surface area contributed by atoms with Gasteiger partial charge in [-0.3, -0.25) is 9.59 Å². The topological polar surface area (TPSA) is 111 Å². The van der Waals surface area contributed by atoms with Crippen LogP contribution in [0.2, 0.25) is 0 Å². The second-order valence-corrected chi connectivity index (χ2v) is 23.4. The number of carboxylic acids is 1. The molecule has 2 unspecified atom stereocenters. The minimum Gasteiger partial charge on any atom is -0.545 e. The number of hydrogen-bond donors (Lipinski definition) is 0. The Labute approximate surface area is 487 Å². The number of quaternary nitrogens is 1. The van der Waals surface area contributed by atoms with E-state index in [1.165, 1.54) is 193 Å². The summed E-state index contributed by atoms with van der Waals surface area (Å²) in [4.78, 5) is 37.4. The molecule has 0 aliphatic rings. The predicted molar refractivity (Wildman–Crippen MR) is 334 cm³/mol. The lowest BCUT2D eigenvalue weighted by molar-refractivity contribution is -0.870. The van der Waals surface area contributed by atoms with Crippen LogP contribution in [-0.4, -0.2) is 82.3 Å². The van der Waals surface area contributed by atoms with E-state index in [-0.39, 0.29) is 38.6 Å². The summed E-state index contributed by atoms with van der Waals surface area (Å²) in [5.74, 6) is -2.34. The molecule has 79 heavy (non-hydrogen) atoms. The molecule has 0 rings (SSSR count). The molecule has 0 bridgehead atoms. The average molecular weight is 1110 g/mol. The van der Waals surface area contributed by atoms with E-state index < -0.39 is 24.3 Å². The van der Waals surface area contributed by atoms with E-state index in [0.29, 0.717) is 17.4 Å². The number of nitrogens with zero attached hydrogens (tertiary/aromatic N) is 1. The Balaban J connectivity index is 4.12. The van der Waals surface area contributed by atoms with E-state index in [9.17, 15) is 19.5 Å². The number of aliphatic carboxylic acids is 1. The Hall–Kier alpha value is -3.27. The van der Waals surface area contributed by atoms with E-state index >= 15 is 0 Å². The molecule has 0 radical (unpaired) electrons. The molecule has 458 valence electrons. The van der Waals surface area contributed by atoms with Gasteiger partial charge in [-0.15, -0.1) is 0 Å². The van der Waals surface area contributed by atoms with Gasteiger partial charge in [-0.05, 0) is 64.2 Å². The molecule has 0 saturated carbocycles. The van der Waals surface area contributed by atoms with Crippen molar-refractivity contribution >= 4 is 17.9 Å². The summed E-state index contributed by atoms with van der Waals surface area (Å²) < 4.78 is 22.7. The summed E-state index contributed by atoms with van der Waals surface area (Å²) >= 11 is 0. The summed E-state index contributed by atoms with van der Waals surface area (Å²) in [7, 11) is 5.91. The van der Waals surface area contributed by atoms with Crippen LogP contribution in [0.1, 0.15) is 296 Å². The van der Waals surface area contributed by atoms with E-state index in [1.54, 1.807) is 0 Å². The maximum Gasteiger partial charge on any atom is 0.306 e. The fraction of sp³-hybridized carbons (Fsp3) is 0.786. The van der Waals surface area contributed by atoms with Crippen molar-refractivity contribution < 1.29 is 42.9 Å². The number of carbonyl (C=O) groups excluding carboxylic acids is 3. The molecular formula is C70H125NO8. The van der Waals surface area contributed by atoms with Gasteiger partial charge in [0.1, 0.15) is 13.2 Å². The Morgan fingerprint density at radius 2 is 0.722 bits per heavy atom. The highest BCUT2D eigenvalue weighted by Crippen LogP contribution is 2.18. The summed E-state index contributed by atoms with van der Waals surface area (Å²) in [5.41, 5.74) is 0. The van der Waals surface area contributed by atoms with Gasteiger partial charge in [-0.2, -0.15) is 0 Å². The molecule has 0 aromatic heterocycles. The van der Waals surface area contributed by atoms with E-state index in [2.05, 4.69) is 86.8 Å². The smallest absolute Gasteiger partial charge is 0.306 e. The van der Waals surface area contributed by atoms with Crippen molar-refractivity contribution in [3.8, 4) is 0 Å². The fourth-order valence-electron chi connectivity index (χ4n) is 9.43. The lowest BCUT2D eigenvalue weighted by Gasteiger charge is -2.26. The fourth-order valence-corrected chi connectivity index (χ4v) is 9.43. The second kappa shape index (κ2) is 60.8. The van der Waals surface area contributed by atoms with E-state index in [4.69, 9.17) is 18.9 Å². The van der Waals surface area contributed by atoms with Gasteiger partial charge in [0.2, 0.25) is 0 Å². The summed E-state index contributed by atoms with van der Waals surface area (Å²) in [6.07, 6.45) is 77.1. The molecule has 0 aromatic carbocycles. The molecule has 0 aliphatic carbocycles. The lowest BCUT2D eigenvalue weighted by Crippen LogP contribution is -2.44. The third-order valence-corrected chi connectivity index (χ3v) is 14.5. The number of unbranched alkanes of at least 4 members (excludes halogenated alkanes) is 34. The van der Waals surface area contributed by atoms with Crippen LogP contribution in [0.5, 0.6) is 0 Å². The van der Waals surface area contributed by atoms with Gasteiger partial charge in [0.15, 0.2) is 12.4 Å². The number of hydrogen-bond acceptors (Lipinski definition) is 8. The first-order valence-corrected chi connectivity index (χ1v) is 33.1. The maximum atomic E-state index is 12.9. The summed E-state index contributed by atoms with van der Waals surface area (Å²) in [6.45, 7) is 4.61. The van der Waals surface area contributed by atoms with Crippen LogP contribution < -0.4 is 5.11 Å². The third kappa shape index (κ3) is 62.2. The first-order valence-electron chi connectivity index (χ1n) is 33.1. The highest BCUT2D eigenvalue weighted by molar-refractivity contribution is 5.70. The van der Waals surface area contributed by atoms with Crippen molar-refractivity contribution in [2.75, 3.05) is 47.5 Å². The van der Waals surface area contributed by atoms with E-state index in [0.717, 1.165) is 70.6 Å². The Kier molecular flexibility index (Phi) is 58.3. The number of carbonyl (C=O) groups is 3. The normalized spacial score (nSPS) is 13.2. The number of rotatable bonds is 61. The summed E-state index contributed by atoms with van der Waals surface area (Å²) in [5, 5.41) is 11.8. The molecule has 0 saturated heterocycles. The van der Waals surface area contributed by atoms with Crippen LogP contribution >= 0.6 is 0 Å². The molecular weight excluding hydrogens is 983 g/mol. The van der Waals surface area contributed by atoms with Crippen molar-refractivity contribution in [1.82, 2.24) is 0 Å². The van der Waals surface area contributed by atoms with Crippen LogP contribution in [0.4, 0.5) is 0 Å². The number of likely N-dealkylation sites (N-methyl/N-ethyl adjacent to an activating group) is 1. The van der Waals surface area contributed by atoms with Gasteiger partial charge < -0.3 is 33.3 Å². The quantitative estimate of drug-likeness (QED) is 0.0195. The van der Waals surface area contributed by atoms with Crippen LogP contribution in [0.25, 0.3) is 0 Å². The zero-order valence-corrected chi connectivity index (χ0v) is 52.2. The number of carboxylic acid groups (broad SMARTS) is 1. The lowest BCUT2D eigenvalue weighted by atomic mass is 10.0. The van der Waals surface area contributed by atoms with Gasteiger partial charge in [-0.25, -0.2) is 0 Å². The highest BCUT2D eigenvalue weighted by atomic mass is 16.7. The van der Waals surface area contributed by atoms with Crippen LogP contribution in [0.15, 0.2) is 72.9 Å². The van der Waals surface area contributed by atoms with Crippen LogP contribution in [0, 0.1) is 0 Å². The average Bonchev–Trinajstić information content (AvgIpc) is 3.42. The largest absolute Gasteiger partial charge is 0.545 e. The number of allylic oxidation sites excluding steroid dienone is 12. The van der Waals surface area contributed by atoms with E-state index in [1.807, 2.05) is 21.1 Å². The molecule has 0 aliphatic heterocycles. The molecule has 0 aromatic rings. The Morgan fingerprint density at radius 1 is 0.392 bits per heavy atom. The molecule has 2 atom stereocenters. The standard InChI is InChI=1S/C70H125NO8/c1-6-8-10-12-14-16-18-20-22-24-26-28-29-30-31-32-33-34-35-36-37-38-39-41-42-44-46-48-50-52-54-56-58-60-67(72)77-64-66(65-78-70(69(74)75)76-63-62-71(3,4)5)79-68(73)61-59-57-55-53-51-49-47-45-43-40-27-25-23-21-19-17-15-13-11-9-7-2/h9,11,15,17,21,23,27,40,45,47,51,53,66,70H,6-8,10,12-14,16,18-20,22,24-26,28-39,41-44,46,48-50,52,54-65H2,1-5H3/b11-9-,17-15-,23-21-,40-27-,47-45-,53-51-. The highest BCUT2D eigenvalue weighted by Gasteiger charge is 2.22.